The number of β-amino-alcohol motifs (C(OH)–C–C–N with tert-alkyl or cyclic N) is 1. The first-order valence-corrected chi connectivity index (χ1v) is 5.14. The topological polar surface area (TPSA) is 23.5 Å². The van der Waals surface area contributed by atoms with E-state index in [2.05, 4.69) is 24.0 Å². The van der Waals surface area contributed by atoms with Gasteiger partial charge in [0.15, 0.2) is 0 Å². The SMILES string of the molecule is CCc1ccc(C2(O)CN(C)C2)cc1. The van der Waals surface area contributed by atoms with Crippen LogP contribution in [0.1, 0.15) is 18.1 Å². The van der Waals surface area contributed by atoms with Gasteiger partial charge in [-0.3, -0.25) is 4.90 Å². The highest BCUT2D eigenvalue weighted by molar-refractivity contribution is 5.29. The third kappa shape index (κ3) is 1.56. The van der Waals surface area contributed by atoms with E-state index in [1.807, 2.05) is 19.2 Å². The highest BCUT2D eigenvalue weighted by Gasteiger charge is 2.40. The van der Waals surface area contributed by atoms with Gasteiger partial charge in [0, 0.05) is 13.1 Å². The molecule has 14 heavy (non-hydrogen) atoms. The van der Waals surface area contributed by atoms with Gasteiger partial charge < -0.3 is 5.11 Å². The van der Waals surface area contributed by atoms with Crippen LogP contribution in [0.15, 0.2) is 24.3 Å². The second kappa shape index (κ2) is 3.37. The first kappa shape index (κ1) is 9.69. The fourth-order valence-electron chi connectivity index (χ4n) is 2.08. The van der Waals surface area contributed by atoms with Crippen LogP contribution >= 0.6 is 0 Å². The Balaban J connectivity index is 2.17. The van der Waals surface area contributed by atoms with E-state index in [9.17, 15) is 5.11 Å². The van der Waals surface area contributed by atoms with Crippen LogP contribution in [0, 0.1) is 0 Å². The largest absolute Gasteiger partial charge is 0.382 e. The summed E-state index contributed by atoms with van der Waals surface area (Å²) < 4.78 is 0. The number of aliphatic hydroxyl groups is 1. The summed E-state index contributed by atoms with van der Waals surface area (Å²) in [5.74, 6) is 0. The van der Waals surface area contributed by atoms with Crippen LogP contribution in [0.2, 0.25) is 0 Å². The van der Waals surface area contributed by atoms with Crippen LogP contribution < -0.4 is 0 Å². The van der Waals surface area contributed by atoms with Crippen molar-refractivity contribution in [3.05, 3.63) is 35.4 Å². The van der Waals surface area contributed by atoms with Crippen molar-refractivity contribution in [1.29, 1.82) is 0 Å². The molecule has 2 rings (SSSR count). The number of likely N-dealkylation sites (tertiary alicyclic amines) is 1. The minimum absolute atomic E-state index is 0.596. The summed E-state index contributed by atoms with van der Waals surface area (Å²) in [4.78, 5) is 2.12. The first-order chi connectivity index (χ1) is 6.64. The highest BCUT2D eigenvalue weighted by Crippen LogP contribution is 2.30. The molecule has 0 aromatic heterocycles. The van der Waals surface area contributed by atoms with Crippen molar-refractivity contribution in [2.45, 2.75) is 18.9 Å². The highest BCUT2D eigenvalue weighted by atomic mass is 16.3. The lowest BCUT2D eigenvalue weighted by Gasteiger charge is -2.44. The van der Waals surface area contributed by atoms with Gasteiger partial charge in [-0.15, -0.1) is 0 Å². The molecule has 0 bridgehead atoms. The Morgan fingerprint density at radius 2 is 1.86 bits per heavy atom. The van der Waals surface area contributed by atoms with Crippen molar-refractivity contribution in [3.63, 3.8) is 0 Å². The Morgan fingerprint density at radius 1 is 1.29 bits per heavy atom. The van der Waals surface area contributed by atoms with Gasteiger partial charge in [-0.25, -0.2) is 0 Å². The molecular weight excluding hydrogens is 174 g/mol. The number of hydrogen-bond acceptors (Lipinski definition) is 2. The molecule has 1 aliphatic rings. The number of benzene rings is 1. The molecular formula is C12H17NO. The van der Waals surface area contributed by atoms with Gasteiger partial charge in [0.05, 0.1) is 0 Å². The monoisotopic (exact) mass is 191 g/mol. The maximum absolute atomic E-state index is 10.2. The molecule has 0 spiro atoms. The quantitative estimate of drug-likeness (QED) is 0.763. The fourth-order valence-corrected chi connectivity index (χ4v) is 2.08. The summed E-state index contributed by atoms with van der Waals surface area (Å²) in [6.45, 7) is 3.64. The molecule has 0 atom stereocenters. The third-order valence-corrected chi connectivity index (χ3v) is 2.96. The molecule has 2 heteroatoms. The standard InChI is InChI=1S/C12H17NO/c1-3-10-4-6-11(7-5-10)12(14)8-13(2)9-12/h4-7,14H,3,8-9H2,1-2H3. The molecule has 1 aromatic rings. The number of likely N-dealkylation sites (N-methyl/N-ethyl adjacent to an activating group) is 1. The van der Waals surface area contributed by atoms with Crippen LogP contribution in [0.25, 0.3) is 0 Å². The summed E-state index contributed by atoms with van der Waals surface area (Å²) in [5.41, 5.74) is 1.78. The molecule has 76 valence electrons. The molecule has 0 amide bonds. The van der Waals surface area contributed by atoms with Crippen LogP contribution in [0.3, 0.4) is 0 Å². The molecule has 1 N–H and O–H groups in total. The number of nitrogens with zero attached hydrogens (tertiary/aromatic N) is 1. The van der Waals surface area contributed by atoms with E-state index >= 15 is 0 Å². The lowest BCUT2D eigenvalue weighted by atomic mass is 9.86. The van der Waals surface area contributed by atoms with Crippen molar-refractivity contribution in [2.75, 3.05) is 20.1 Å². The van der Waals surface area contributed by atoms with Gasteiger partial charge in [-0.1, -0.05) is 31.2 Å². The van der Waals surface area contributed by atoms with Crippen LogP contribution in [-0.4, -0.2) is 30.1 Å². The molecule has 1 heterocycles. The fraction of sp³-hybridized carbons (Fsp3) is 0.500. The molecule has 0 saturated carbocycles. The second-order valence-corrected chi connectivity index (χ2v) is 4.25. The Labute approximate surface area is 85.2 Å². The summed E-state index contributed by atoms with van der Waals surface area (Å²) in [6.07, 6.45) is 1.05. The molecule has 2 nitrogen and oxygen atoms in total. The average molecular weight is 191 g/mol. The van der Waals surface area contributed by atoms with Gasteiger partial charge in [0.25, 0.3) is 0 Å². The zero-order chi connectivity index (χ0) is 10.2. The van der Waals surface area contributed by atoms with Crippen LogP contribution in [0.4, 0.5) is 0 Å². The van der Waals surface area contributed by atoms with E-state index < -0.39 is 5.60 Å². The third-order valence-electron chi connectivity index (χ3n) is 2.96. The average Bonchev–Trinajstić information content (AvgIpc) is 2.16. The maximum Gasteiger partial charge on any atom is 0.115 e. The molecule has 0 unspecified atom stereocenters. The smallest absolute Gasteiger partial charge is 0.115 e. The minimum atomic E-state index is -0.596. The van der Waals surface area contributed by atoms with E-state index in [0.717, 1.165) is 25.1 Å². The second-order valence-electron chi connectivity index (χ2n) is 4.25. The molecule has 1 aromatic carbocycles. The van der Waals surface area contributed by atoms with E-state index in [-0.39, 0.29) is 0 Å². The summed E-state index contributed by atoms with van der Waals surface area (Å²) >= 11 is 0. The predicted octanol–water partition coefficient (Wildman–Crippen LogP) is 1.38. The maximum atomic E-state index is 10.2. The van der Waals surface area contributed by atoms with Crippen molar-refractivity contribution in [3.8, 4) is 0 Å². The summed E-state index contributed by atoms with van der Waals surface area (Å²) in [7, 11) is 2.02. The van der Waals surface area contributed by atoms with Gasteiger partial charge in [-0.2, -0.15) is 0 Å². The minimum Gasteiger partial charge on any atom is -0.382 e. The molecule has 1 fully saturated rings. The van der Waals surface area contributed by atoms with Crippen molar-refractivity contribution >= 4 is 0 Å². The Kier molecular flexibility index (Phi) is 2.33. The number of rotatable bonds is 2. The first-order valence-electron chi connectivity index (χ1n) is 5.14. The zero-order valence-corrected chi connectivity index (χ0v) is 8.83. The van der Waals surface area contributed by atoms with Crippen LogP contribution in [0.5, 0.6) is 0 Å². The number of aryl methyl sites for hydroxylation is 1. The predicted molar refractivity (Wildman–Crippen MR) is 57.2 cm³/mol. The van der Waals surface area contributed by atoms with E-state index in [0.29, 0.717) is 0 Å². The van der Waals surface area contributed by atoms with E-state index in [1.165, 1.54) is 5.56 Å². The van der Waals surface area contributed by atoms with Crippen LogP contribution in [-0.2, 0) is 12.0 Å². The Bertz CT molecular complexity index is 312. The summed E-state index contributed by atoms with van der Waals surface area (Å²) in [5, 5.41) is 10.2. The van der Waals surface area contributed by atoms with Gasteiger partial charge in [-0.05, 0) is 24.6 Å². The van der Waals surface area contributed by atoms with Crippen molar-refractivity contribution in [1.82, 2.24) is 4.90 Å². The van der Waals surface area contributed by atoms with Crippen molar-refractivity contribution in [2.24, 2.45) is 0 Å². The van der Waals surface area contributed by atoms with Gasteiger partial charge in [0.2, 0.25) is 0 Å². The normalized spacial score (nSPS) is 20.5. The Morgan fingerprint density at radius 3 is 2.29 bits per heavy atom. The Hall–Kier alpha value is -0.860. The summed E-state index contributed by atoms with van der Waals surface area (Å²) in [6, 6.07) is 8.30. The molecule has 1 aliphatic heterocycles. The van der Waals surface area contributed by atoms with Gasteiger partial charge in [0.1, 0.15) is 5.60 Å². The van der Waals surface area contributed by atoms with E-state index in [4.69, 9.17) is 0 Å². The lowest BCUT2D eigenvalue weighted by Crippen LogP contribution is -2.57. The molecule has 1 saturated heterocycles. The lowest BCUT2D eigenvalue weighted by molar-refractivity contribution is -0.0918. The molecule has 0 radical (unpaired) electrons. The number of hydrogen-bond donors (Lipinski definition) is 1. The van der Waals surface area contributed by atoms with Gasteiger partial charge >= 0.3 is 0 Å². The zero-order valence-electron chi connectivity index (χ0n) is 8.83. The molecule has 0 aliphatic carbocycles. The van der Waals surface area contributed by atoms with Crippen molar-refractivity contribution < 1.29 is 5.11 Å². The van der Waals surface area contributed by atoms with E-state index in [1.54, 1.807) is 0 Å².